The zero-order chi connectivity index (χ0) is 17.8. The first kappa shape index (κ1) is 18.0. The van der Waals surface area contributed by atoms with Crippen LogP contribution in [-0.4, -0.2) is 22.0 Å². The summed E-state index contributed by atoms with van der Waals surface area (Å²) >= 11 is 9.46. The number of hydrogen-bond acceptors (Lipinski definition) is 3. The second-order valence-electron chi connectivity index (χ2n) is 5.74. The van der Waals surface area contributed by atoms with Gasteiger partial charge in [-0.1, -0.05) is 37.1 Å². The van der Waals surface area contributed by atoms with Gasteiger partial charge in [0.05, 0.1) is 24.4 Å². The Kier molecular flexibility index (Phi) is 5.76. The Morgan fingerprint density at radius 3 is 2.72 bits per heavy atom. The smallest absolute Gasteiger partial charge is 0.311 e. The average molecular weight is 422 g/mol. The lowest BCUT2D eigenvalue weighted by atomic mass is 10.1. The molecule has 2 aromatic heterocycles. The summed E-state index contributed by atoms with van der Waals surface area (Å²) in [6.07, 6.45) is 3.94. The van der Waals surface area contributed by atoms with Gasteiger partial charge in [0.1, 0.15) is 5.65 Å². The van der Waals surface area contributed by atoms with Gasteiger partial charge in [-0.25, -0.2) is 4.98 Å². The fraction of sp³-hybridized carbons (Fsp3) is 0.263. The summed E-state index contributed by atoms with van der Waals surface area (Å²) in [6, 6.07) is 11.3. The molecule has 3 rings (SSSR count). The van der Waals surface area contributed by atoms with Crippen molar-refractivity contribution >= 4 is 39.1 Å². The average Bonchev–Trinajstić information content (AvgIpc) is 2.94. The van der Waals surface area contributed by atoms with E-state index in [2.05, 4.69) is 22.9 Å². The highest BCUT2D eigenvalue weighted by molar-refractivity contribution is 9.10. The molecule has 6 heteroatoms. The van der Waals surface area contributed by atoms with E-state index in [9.17, 15) is 4.79 Å². The van der Waals surface area contributed by atoms with Crippen LogP contribution in [0.4, 0.5) is 0 Å². The minimum atomic E-state index is -0.245. The molecule has 0 atom stereocenters. The second kappa shape index (κ2) is 8.02. The van der Waals surface area contributed by atoms with Crippen LogP contribution in [0.3, 0.4) is 0 Å². The van der Waals surface area contributed by atoms with E-state index >= 15 is 0 Å². The van der Waals surface area contributed by atoms with Gasteiger partial charge in [0.2, 0.25) is 0 Å². The Morgan fingerprint density at radius 2 is 2.00 bits per heavy atom. The first-order chi connectivity index (χ1) is 12.1. The first-order valence-electron chi connectivity index (χ1n) is 8.16. The number of imidazole rings is 1. The quantitative estimate of drug-likeness (QED) is 0.400. The predicted octanol–water partition coefficient (Wildman–Crippen LogP) is 5.30. The maximum absolute atomic E-state index is 12.3. The number of halogens is 2. The summed E-state index contributed by atoms with van der Waals surface area (Å²) in [4.78, 5) is 16.9. The Balaban J connectivity index is 2.00. The molecule has 25 heavy (non-hydrogen) atoms. The summed E-state index contributed by atoms with van der Waals surface area (Å²) in [6.45, 7) is 2.51. The van der Waals surface area contributed by atoms with E-state index < -0.39 is 0 Å². The van der Waals surface area contributed by atoms with Crippen LogP contribution in [-0.2, 0) is 16.0 Å². The van der Waals surface area contributed by atoms with Gasteiger partial charge in [-0.05, 0) is 46.6 Å². The minimum Gasteiger partial charge on any atom is -0.465 e. The van der Waals surface area contributed by atoms with Crippen molar-refractivity contribution in [2.75, 3.05) is 6.61 Å². The van der Waals surface area contributed by atoms with E-state index in [1.807, 2.05) is 47.0 Å². The number of fused-ring (bicyclic) bond motifs is 1. The standard InChI is InChI=1S/C19H18BrClN2O2/c1-2-3-10-25-18(24)11-16-19(13-4-7-15(21)8-5-13)22-17-9-6-14(20)12-23(16)17/h4-9,12H,2-3,10-11H2,1H3. The lowest BCUT2D eigenvalue weighted by Crippen LogP contribution is -2.11. The highest BCUT2D eigenvalue weighted by atomic mass is 79.9. The maximum atomic E-state index is 12.3. The summed E-state index contributed by atoms with van der Waals surface area (Å²) < 4.78 is 8.17. The number of hydrogen-bond donors (Lipinski definition) is 0. The van der Waals surface area contributed by atoms with E-state index in [0.29, 0.717) is 11.6 Å². The third-order valence-corrected chi connectivity index (χ3v) is 4.59. The first-order valence-corrected chi connectivity index (χ1v) is 9.33. The molecule has 0 aliphatic carbocycles. The molecule has 2 heterocycles. The Bertz CT molecular complexity index is 890. The van der Waals surface area contributed by atoms with Gasteiger partial charge in [-0.2, -0.15) is 0 Å². The zero-order valence-electron chi connectivity index (χ0n) is 13.8. The summed E-state index contributed by atoms with van der Waals surface area (Å²) in [5.74, 6) is -0.245. The molecular weight excluding hydrogens is 404 g/mol. The van der Waals surface area contributed by atoms with E-state index in [-0.39, 0.29) is 12.4 Å². The number of nitrogens with zero attached hydrogens (tertiary/aromatic N) is 2. The second-order valence-corrected chi connectivity index (χ2v) is 7.09. The van der Waals surface area contributed by atoms with Gasteiger partial charge in [-0.3, -0.25) is 4.79 Å². The third-order valence-electron chi connectivity index (χ3n) is 3.87. The third kappa shape index (κ3) is 4.22. The van der Waals surface area contributed by atoms with Gasteiger partial charge in [0.15, 0.2) is 0 Å². The van der Waals surface area contributed by atoms with E-state index in [0.717, 1.165) is 39.9 Å². The predicted molar refractivity (Wildman–Crippen MR) is 103 cm³/mol. The van der Waals surface area contributed by atoms with Crippen LogP contribution in [0.2, 0.25) is 5.02 Å². The molecule has 4 nitrogen and oxygen atoms in total. The van der Waals surface area contributed by atoms with Crippen LogP contribution in [0.25, 0.3) is 16.9 Å². The lowest BCUT2D eigenvalue weighted by Gasteiger charge is -2.07. The molecule has 130 valence electrons. The van der Waals surface area contributed by atoms with E-state index in [1.54, 1.807) is 0 Å². The molecule has 0 fully saturated rings. The molecule has 0 radical (unpaired) electrons. The van der Waals surface area contributed by atoms with E-state index in [1.165, 1.54) is 0 Å². The van der Waals surface area contributed by atoms with Gasteiger partial charge in [0.25, 0.3) is 0 Å². The van der Waals surface area contributed by atoms with Crippen molar-refractivity contribution in [2.24, 2.45) is 0 Å². The van der Waals surface area contributed by atoms with Crippen LogP contribution in [0.1, 0.15) is 25.5 Å². The van der Waals surface area contributed by atoms with Crippen molar-refractivity contribution in [3.05, 3.63) is 57.8 Å². The van der Waals surface area contributed by atoms with Crippen LogP contribution >= 0.6 is 27.5 Å². The monoisotopic (exact) mass is 420 g/mol. The van der Waals surface area contributed by atoms with Crippen molar-refractivity contribution in [3.8, 4) is 11.3 Å². The summed E-state index contributed by atoms with van der Waals surface area (Å²) in [7, 11) is 0. The van der Waals surface area contributed by atoms with Gasteiger partial charge >= 0.3 is 5.97 Å². The summed E-state index contributed by atoms with van der Waals surface area (Å²) in [5.41, 5.74) is 3.27. The molecule has 0 aliphatic rings. The number of ether oxygens (including phenoxy) is 1. The van der Waals surface area contributed by atoms with Crippen LogP contribution < -0.4 is 0 Å². The number of carbonyl (C=O) groups is 1. The fourth-order valence-corrected chi connectivity index (χ4v) is 3.06. The van der Waals surface area contributed by atoms with Crippen molar-refractivity contribution < 1.29 is 9.53 Å². The molecule has 3 aromatic rings. The minimum absolute atomic E-state index is 0.166. The fourth-order valence-electron chi connectivity index (χ4n) is 2.59. The topological polar surface area (TPSA) is 43.6 Å². The molecule has 0 aliphatic heterocycles. The normalized spacial score (nSPS) is 11.0. The number of pyridine rings is 1. The molecule has 0 bridgehead atoms. The summed E-state index contributed by atoms with van der Waals surface area (Å²) in [5, 5.41) is 0.663. The van der Waals surface area contributed by atoms with Crippen molar-refractivity contribution in [1.82, 2.24) is 9.38 Å². The molecule has 0 saturated carbocycles. The molecule has 0 amide bonds. The van der Waals surface area contributed by atoms with Crippen molar-refractivity contribution in [2.45, 2.75) is 26.2 Å². The zero-order valence-corrected chi connectivity index (χ0v) is 16.2. The van der Waals surface area contributed by atoms with Gasteiger partial charge < -0.3 is 9.14 Å². The van der Waals surface area contributed by atoms with Gasteiger partial charge in [-0.15, -0.1) is 0 Å². The largest absolute Gasteiger partial charge is 0.465 e. The number of benzene rings is 1. The van der Waals surface area contributed by atoms with E-state index in [4.69, 9.17) is 21.3 Å². The molecule has 0 N–H and O–H groups in total. The molecular formula is C19H18BrClN2O2. The molecule has 0 unspecified atom stereocenters. The lowest BCUT2D eigenvalue weighted by molar-refractivity contribution is -0.143. The number of rotatable bonds is 6. The molecule has 0 spiro atoms. The van der Waals surface area contributed by atoms with Crippen molar-refractivity contribution in [3.63, 3.8) is 0 Å². The molecule has 1 aromatic carbocycles. The molecule has 0 saturated heterocycles. The Labute approximate surface area is 159 Å². The number of unbranched alkanes of at least 4 members (excludes halogenated alkanes) is 1. The van der Waals surface area contributed by atoms with Crippen LogP contribution in [0.5, 0.6) is 0 Å². The van der Waals surface area contributed by atoms with Gasteiger partial charge in [0, 0.05) is 21.3 Å². The maximum Gasteiger partial charge on any atom is 0.311 e. The van der Waals surface area contributed by atoms with Crippen LogP contribution in [0.15, 0.2) is 47.1 Å². The highest BCUT2D eigenvalue weighted by Crippen LogP contribution is 2.27. The Morgan fingerprint density at radius 1 is 1.24 bits per heavy atom. The van der Waals surface area contributed by atoms with Crippen molar-refractivity contribution in [1.29, 1.82) is 0 Å². The Hall–Kier alpha value is -1.85. The highest BCUT2D eigenvalue weighted by Gasteiger charge is 2.18. The number of aromatic nitrogens is 2. The SMILES string of the molecule is CCCCOC(=O)Cc1c(-c2ccc(Cl)cc2)nc2ccc(Br)cn12. The van der Waals surface area contributed by atoms with Crippen LogP contribution in [0, 0.1) is 0 Å². The number of carbonyl (C=O) groups excluding carboxylic acids is 1. The number of esters is 1.